The first-order chi connectivity index (χ1) is 9.65. The molecule has 1 aliphatic heterocycles. The number of halogens is 1. The minimum atomic E-state index is 0.213. The molecule has 2 aromatic rings. The predicted octanol–water partition coefficient (Wildman–Crippen LogP) is 2.42. The van der Waals surface area contributed by atoms with Crippen molar-refractivity contribution in [2.75, 3.05) is 23.8 Å². The van der Waals surface area contributed by atoms with Gasteiger partial charge in [-0.1, -0.05) is 18.2 Å². The molecular weight excluding hydrogens is 276 g/mol. The third kappa shape index (κ3) is 2.36. The monoisotopic (exact) mass is 290 g/mol. The summed E-state index contributed by atoms with van der Waals surface area (Å²) < 4.78 is 5.74. The SMILES string of the molecule is Cc1nc(Cl)nc(N2CCOc3ccccc3C2)c1N. The molecule has 1 aromatic heterocycles. The largest absolute Gasteiger partial charge is 0.491 e. The van der Waals surface area contributed by atoms with E-state index in [1.165, 1.54) is 0 Å². The van der Waals surface area contributed by atoms with Crippen LogP contribution in [0.2, 0.25) is 5.28 Å². The quantitative estimate of drug-likeness (QED) is 0.817. The van der Waals surface area contributed by atoms with Crippen molar-refractivity contribution >= 4 is 23.1 Å². The van der Waals surface area contributed by atoms with Gasteiger partial charge >= 0.3 is 0 Å². The van der Waals surface area contributed by atoms with Gasteiger partial charge in [0.05, 0.1) is 17.9 Å². The second kappa shape index (κ2) is 5.17. The van der Waals surface area contributed by atoms with Crippen LogP contribution in [0.4, 0.5) is 11.5 Å². The van der Waals surface area contributed by atoms with Crippen molar-refractivity contribution in [2.24, 2.45) is 0 Å². The average molecular weight is 291 g/mol. The highest BCUT2D eigenvalue weighted by atomic mass is 35.5. The van der Waals surface area contributed by atoms with Gasteiger partial charge in [-0.3, -0.25) is 0 Å². The Labute approximate surface area is 122 Å². The van der Waals surface area contributed by atoms with Crippen molar-refractivity contribution in [3.05, 3.63) is 40.8 Å². The highest BCUT2D eigenvalue weighted by Crippen LogP contribution is 2.29. The second-order valence-electron chi connectivity index (χ2n) is 4.69. The van der Waals surface area contributed by atoms with Gasteiger partial charge in [-0.2, -0.15) is 4.98 Å². The van der Waals surface area contributed by atoms with E-state index in [1.54, 1.807) is 0 Å². The predicted molar refractivity (Wildman–Crippen MR) is 79.2 cm³/mol. The van der Waals surface area contributed by atoms with Crippen LogP contribution >= 0.6 is 11.6 Å². The Morgan fingerprint density at radius 3 is 2.95 bits per heavy atom. The highest BCUT2D eigenvalue weighted by Gasteiger charge is 2.20. The number of nitrogen functional groups attached to an aromatic ring is 1. The zero-order chi connectivity index (χ0) is 14.1. The molecule has 2 N–H and O–H groups in total. The Kier molecular flexibility index (Phi) is 3.36. The van der Waals surface area contributed by atoms with Crippen LogP contribution in [0, 0.1) is 6.92 Å². The van der Waals surface area contributed by atoms with Gasteiger partial charge in [0.15, 0.2) is 5.82 Å². The van der Waals surface area contributed by atoms with Crippen molar-refractivity contribution < 1.29 is 4.74 Å². The Morgan fingerprint density at radius 2 is 2.10 bits per heavy atom. The van der Waals surface area contributed by atoms with Crippen LogP contribution in [-0.2, 0) is 6.54 Å². The maximum Gasteiger partial charge on any atom is 0.224 e. The van der Waals surface area contributed by atoms with Gasteiger partial charge in [0, 0.05) is 12.1 Å². The molecule has 2 heterocycles. The molecule has 0 saturated heterocycles. The molecule has 20 heavy (non-hydrogen) atoms. The van der Waals surface area contributed by atoms with E-state index in [4.69, 9.17) is 22.1 Å². The van der Waals surface area contributed by atoms with Crippen LogP contribution < -0.4 is 15.4 Å². The van der Waals surface area contributed by atoms with E-state index in [0.717, 1.165) is 11.3 Å². The van der Waals surface area contributed by atoms with Gasteiger partial charge in [-0.05, 0) is 24.6 Å². The summed E-state index contributed by atoms with van der Waals surface area (Å²) in [7, 11) is 0. The number of aromatic nitrogens is 2. The minimum Gasteiger partial charge on any atom is -0.491 e. The van der Waals surface area contributed by atoms with Gasteiger partial charge in [0.25, 0.3) is 0 Å². The molecule has 0 aliphatic carbocycles. The Bertz CT molecular complexity index is 647. The fourth-order valence-corrected chi connectivity index (χ4v) is 2.49. The van der Waals surface area contributed by atoms with Gasteiger partial charge in [0.2, 0.25) is 5.28 Å². The molecule has 0 spiro atoms. The molecule has 0 bridgehead atoms. The van der Waals surface area contributed by atoms with Crippen LogP contribution in [0.3, 0.4) is 0 Å². The fraction of sp³-hybridized carbons (Fsp3) is 0.286. The van der Waals surface area contributed by atoms with Crippen molar-refractivity contribution in [1.82, 2.24) is 9.97 Å². The van der Waals surface area contributed by atoms with Crippen LogP contribution in [0.25, 0.3) is 0 Å². The van der Waals surface area contributed by atoms with Gasteiger partial charge in [-0.25, -0.2) is 4.98 Å². The molecule has 1 aliphatic rings. The number of nitrogens with two attached hydrogens (primary N) is 1. The topological polar surface area (TPSA) is 64.3 Å². The number of ether oxygens (including phenoxy) is 1. The standard InChI is InChI=1S/C14H15ClN4O/c1-9-12(16)13(18-14(15)17-9)19-6-7-20-11-5-3-2-4-10(11)8-19/h2-5H,6-8,16H2,1H3. The summed E-state index contributed by atoms with van der Waals surface area (Å²) in [5, 5.41) is 0.213. The lowest BCUT2D eigenvalue weighted by molar-refractivity contribution is 0.331. The zero-order valence-corrected chi connectivity index (χ0v) is 11.9. The molecule has 0 unspecified atom stereocenters. The molecule has 5 nitrogen and oxygen atoms in total. The number of anilines is 2. The molecule has 3 rings (SSSR count). The fourth-order valence-electron chi connectivity index (χ4n) is 2.28. The van der Waals surface area contributed by atoms with Gasteiger partial charge < -0.3 is 15.4 Å². The van der Waals surface area contributed by atoms with E-state index >= 15 is 0 Å². The number of nitrogens with zero attached hydrogens (tertiary/aromatic N) is 3. The lowest BCUT2D eigenvalue weighted by atomic mass is 10.2. The summed E-state index contributed by atoms with van der Waals surface area (Å²) in [5.41, 5.74) is 8.45. The summed E-state index contributed by atoms with van der Waals surface area (Å²) in [6.45, 7) is 3.80. The molecule has 104 valence electrons. The Hall–Kier alpha value is -2.01. The van der Waals surface area contributed by atoms with E-state index in [0.29, 0.717) is 36.9 Å². The molecule has 0 fully saturated rings. The number of fused-ring (bicyclic) bond motifs is 1. The van der Waals surface area contributed by atoms with Gasteiger partial charge in [0.1, 0.15) is 12.4 Å². The van der Waals surface area contributed by atoms with Crippen molar-refractivity contribution in [3.63, 3.8) is 0 Å². The first kappa shape index (κ1) is 13.0. The third-order valence-corrected chi connectivity index (χ3v) is 3.51. The smallest absolute Gasteiger partial charge is 0.224 e. The normalized spacial score (nSPS) is 14.4. The van der Waals surface area contributed by atoms with E-state index < -0.39 is 0 Å². The van der Waals surface area contributed by atoms with Crippen molar-refractivity contribution in [2.45, 2.75) is 13.5 Å². The molecule has 0 radical (unpaired) electrons. The highest BCUT2D eigenvalue weighted by molar-refractivity contribution is 6.28. The summed E-state index contributed by atoms with van der Waals surface area (Å²) >= 11 is 5.95. The van der Waals surface area contributed by atoms with Crippen molar-refractivity contribution in [3.8, 4) is 5.75 Å². The average Bonchev–Trinajstić information content (AvgIpc) is 2.64. The zero-order valence-electron chi connectivity index (χ0n) is 11.1. The van der Waals surface area contributed by atoms with E-state index in [-0.39, 0.29) is 5.28 Å². The van der Waals surface area contributed by atoms with Crippen LogP contribution in [0.15, 0.2) is 24.3 Å². The number of rotatable bonds is 1. The number of benzene rings is 1. The summed E-state index contributed by atoms with van der Waals surface area (Å²) in [6.07, 6.45) is 0. The summed E-state index contributed by atoms with van der Waals surface area (Å²) in [4.78, 5) is 10.4. The summed E-state index contributed by atoms with van der Waals surface area (Å²) in [5.74, 6) is 1.58. The van der Waals surface area contributed by atoms with Gasteiger partial charge in [-0.15, -0.1) is 0 Å². The second-order valence-corrected chi connectivity index (χ2v) is 5.03. The molecule has 6 heteroatoms. The van der Waals surface area contributed by atoms with E-state index in [9.17, 15) is 0 Å². The minimum absolute atomic E-state index is 0.213. The number of hydrogen-bond acceptors (Lipinski definition) is 5. The maximum absolute atomic E-state index is 6.09. The lowest BCUT2D eigenvalue weighted by Gasteiger charge is -2.23. The van der Waals surface area contributed by atoms with Crippen LogP contribution in [0.5, 0.6) is 5.75 Å². The molecule has 0 amide bonds. The third-order valence-electron chi connectivity index (χ3n) is 3.34. The van der Waals surface area contributed by atoms with E-state index in [1.807, 2.05) is 31.2 Å². The first-order valence-corrected chi connectivity index (χ1v) is 6.78. The van der Waals surface area contributed by atoms with E-state index in [2.05, 4.69) is 14.9 Å². The first-order valence-electron chi connectivity index (χ1n) is 6.40. The molecule has 0 atom stereocenters. The maximum atomic E-state index is 6.09. The number of para-hydroxylation sites is 1. The van der Waals surface area contributed by atoms with Crippen LogP contribution in [0.1, 0.15) is 11.3 Å². The lowest BCUT2D eigenvalue weighted by Crippen LogP contribution is -2.27. The Morgan fingerprint density at radius 1 is 1.30 bits per heavy atom. The Balaban J connectivity index is 1.99. The number of aryl methyl sites for hydroxylation is 1. The van der Waals surface area contributed by atoms with Crippen molar-refractivity contribution in [1.29, 1.82) is 0 Å². The molecule has 1 aromatic carbocycles. The summed E-state index contributed by atoms with van der Waals surface area (Å²) in [6, 6.07) is 7.97. The molecule has 0 saturated carbocycles. The molecular formula is C14H15ClN4O. The number of hydrogen-bond donors (Lipinski definition) is 1. The van der Waals surface area contributed by atoms with Crippen LogP contribution in [-0.4, -0.2) is 23.1 Å².